The van der Waals surface area contributed by atoms with Gasteiger partial charge >= 0.3 is 12.1 Å². The van der Waals surface area contributed by atoms with Crippen LogP contribution in [0.3, 0.4) is 0 Å². The molecule has 1 amide bonds. The topological polar surface area (TPSA) is 110 Å². The van der Waals surface area contributed by atoms with Crippen molar-refractivity contribution >= 4 is 11.9 Å². The number of aliphatic hydroxyl groups is 1. The Labute approximate surface area is 157 Å². The molecule has 146 valence electrons. The molecule has 0 spiro atoms. The van der Waals surface area contributed by atoms with Crippen molar-refractivity contribution in [3.63, 3.8) is 0 Å². The second-order valence-corrected chi connectivity index (χ2v) is 5.94. The van der Waals surface area contributed by atoms with Gasteiger partial charge in [0.25, 0.3) is 5.91 Å². The Balaban J connectivity index is 2.10. The summed E-state index contributed by atoms with van der Waals surface area (Å²) in [7, 11) is 0. The van der Waals surface area contributed by atoms with Crippen LogP contribution in [0.25, 0.3) is 0 Å². The zero-order chi connectivity index (χ0) is 20.9. The molecular formula is C19H15F3N2O4. The minimum absolute atomic E-state index is 0.110. The molecule has 0 aliphatic carbocycles. The third kappa shape index (κ3) is 5.31. The number of aliphatic hydroxyl groups excluding tert-OH is 1. The third-order valence-electron chi connectivity index (χ3n) is 3.91. The van der Waals surface area contributed by atoms with Gasteiger partial charge in [0.2, 0.25) is 0 Å². The summed E-state index contributed by atoms with van der Waals surface area (Å²) in [6.07, 6.45) is -6.54. The molecule has 2 rings (SSSR count). The molecule has 9 heteroatoms. The number of nitrogens with zero attached hydrogens (tertiary/aromatic N) is 1. The highest BCUT2D eigenvalue weighted by atomic mass is 19.4. The van der Waals surface area contributed by atoms with E-state index in [0.717, 1.165) is 12.1 Å². The van der Waals surface area contributed by atoms with Crippen molar-refractivity contribution in [2.24, 2.45) is 0 Å². The summed E-state index contributed by atoms with van der Waals surface area (Å²) >= 11 is 0. The van der Waals surface area contributed by atoms with Crippen LogP contribution in [-0.2, 0) is 22.2 Å². The van der Waals surface area contributed by atoms with Gasteiger partial charge in [-0.05, 0) is 35.4 Å². The number of amides is 1. The first-order valence-electron chi connectivity index (χ1n) is 7.99. The average molecular weight is 392 g/mol. The normalized spacial score (nSPS) is 13.2. The van der Waals surface area contributed by atoms with Crippen molar-refractivity contribution < 1.29 is 33.0 Å². The second kappa shape index (κ2) is 8.54. The second-order valence-electron chi connectivity index (χ2n) is 5.94. The number of carboxylic acids is 1. The maximum Gasteiger partial charge on any atom is 0.416 e. The number of nitrogens with one attached hydrogen (secondary N) is 1. The van der Waals surface area contributed by atoms with E-state index in [-0.39, 0.29) is 12.0 Å². The minimum Gasteiger partial charge on any atom is -0.480 e. The van der Waals surface area contributed by atoms with Gasteiger partial charge in [-0.2, -0.15) is 18.4 Å². The smallest absolute Gasteiger partial charge is 0.416 e. The van der Waals surface area contributed by atoms with Crippen molar-refractivity contribution in [2.75, 3.05) is 0 Å². The van der Waals surface area contributed by atoms with Crippen molar-refractivity contribution in [1.29, 1.82) is 5.26 Å². The van der Waals surface area contributed by atoms with Crippen LogP contribution in [-0.4, -0.2) is 28.1 Å². The Hall–Kier alpha value is -3.38. The van der Waals surface area contributed by atoms with E-state index < -0.39 is 35.8 Å². The van der Waals surface area contributed by atoms with Crippen molar-refractivity contribution in [3.8, 4) is 6.07 Å². The summed E-state index contributed by atoms with van der Waals surface area (Å²) in [5.74, 6) is -2.43. The van der Waals surface area contributed by atoms with Crippen LogP contribution in [0, 0.1) is 11.3 Å². The first-order valence-corrected chi connectivity index (χ1v) is 7.99. The highest BCUT2D eigenvalue weighted by molar-refractivity contribution is 5.87. The van der Waals surface area contributed by atoms with Gasteiger partial charge in [-0.1, -0.05) is 24.3 Å². The summed E-state index contributed by atoms with van der Waals surface area (Å²) in [6, 6.07) is 9.97. The molecule has 0 aliphatic rings. The number of carboxylic acid groups (broad SMARTS) is 1. The number of carbonyl (C=O) groups excluding carboxylic acids is 1. The molecule has 0 aliphatic heterocycles. The Morgan fingerprint density at radius 1 is 1.14 bits per heavy atom. The fourth-order valence-corrected chi connectivity index (χ4v) is 2.46. The summed E-state index contributed by atoms with van der Waals surface area (Å²) in [4.78, 5) is 23.6. The number of rotatable bonds is 6. The number of alkyl halides is 3. The molecule has 0 aromatic heterocycles. The SMILES string of the molecule is N#Cc1cccc(C[C@H](NC(=O)[C@@H](O)c2ccc(C(F)(F)F)cc2)C(=O)O)c1. The zero-order valence-corrected chi connectivity index (χ0v) is 14.3. The highest BCUT2D eigenvalue weighted by Crippen LogP contribution is 2.30. The molecule has 0 radical (unpaired) electrons. The fourth-order valence-electron chi connectivity index (χ4n) is 2.46. The monoisotopic (exact) mass is 392 g/mol. The van der Waals surface area contributed by atoms with Crippen LogP contribution in [0.4, 0.5) is 13.2 Å². The third-order valence-corrected chi connectivity index (χ3v) is 3.91. The molecule has 0 unspecified atom stereocenters. The van der Waals surface area contributed by atoms with Gasteiger partial charge in [-0.25, -0.2) is 4.79 Å². The number of aliphatic carboxylic acids is 1. The van der Waals surface area contributed by atoms with Crippen LogP contribution in [0.1, 0.15) is 28.4 Å². The van der Waals surface area contributed by atoms with Crippen LogP contribution in [0.2, 0.25) is 0 Å². The lowest BCUT2D eigenvalue weighted by atomic mass is 10.0. The molecule has 2 aromatic carbocycles. The first kappa shape index (κ1) is 20.9. The molecule has 0 heterocycles. The number of hydrogen-bond donors (Lipinski definition) is 3. The number of hydrogen-bond acceptors (Lipinski definition) is 4. The predicted octanol–water partition coefficient (Wildman–Crippen LogP) is 2.42. The van der Waals surface area contributed by atoms with Crippen molar-refractivity contribution in [3.05, 3.63) is 70.8 Å². The van der Waals surface area contributed by atoms with Crippen LogP contribution >= 0.6 is 0 Å². The van der Waals surface area contributed by atoms with Crippen LogP contribution in [0.5, 0.6) is 0 Å². The summed E-state index contributed by atoms with van der Waals surface area (Å²) < 4.78 is 37.7. The van der Waals surface area contributed by atoms with Gasteiger partial charge in [0.1, 0.15) is 6.04 Å². The largest absolute Gasteiger partial charge is 0.480 e. The van der Waals surface area contributed by atoms with Crippen LogP contribution in [0.15, 0.2) is 48.5 Å². The lowest BCUT2D eigenvalue weighted by Gasteiger charge is -2.18. The fraction of sp³-hybridized carbons (Fsp3) is 0.211. The predicted molar refractivity (Wildman–Crippen MR) is 90.8 cm³/mol. The Bertz CT molecular complexity index is 905. The number of halogens is 3. The van der Waals surface area contributed by atoms with Gasteiger partial charge in [0.05, 0.1) is 17.2 Å². The lowest BCUT2D eigenvalue weighted by Crippen LogP contribution is -2.44. The molecule has 2 aromatic rings. The highest BCUT2D eigenvalue weighted by Gasteiger charge is 2.31. The van der Waals surface area contributed by atoms with E-state index in [9.17, 15) is 33.0 Å². The van der Waals surface area contributed by atoms with E-state index in [0.29, 0.717) is 23.3 Å². The van der Waals surface area contributed by atoms with E-state index in [1.165, 1.54) is 12.1 Å². The molecule has 28 heavy (non-hydrogen) atoms. The molecular weight excluding hydrogens is 377 g/mol. The van der Waals surface area contributed by atoms with Gasteiger partial charge in [0.15, 0.2) is 6.10 Å². The quantitative estimate of drug-likeness (QED) is 0.699. The van der Waals surface area contributed by atoms with Crippen molar-refractivity contribution in [2.45, 2.75) is 24.7 Å². The standard InChI is InChI=1S/C19H15F3N2O4/c20-19(21,22)14-6-4-13(5-7-14)16(25)17(26)24-15(18(27)28)9-11-2-1-3-12(8-11)10-23/h1-8,15-16,25H,9H2,(H,24,26)(H,27,28)/t15-,16-/m0/s1. The zero-order valence-electron chi connectivity index (χ0n) is 14.3. The van der Waals surface area contributed by atoms with Gasteiger partial charge < -0.3 is 15.5 Å². The summed E-state index contributed by atoms with van der Waals surface area (Å²) in [6.45, 7) is 0. The molecule has 0 fully saturated rings. The molecule has 0 saturated heterocycles. The Kier molecular flexibility index (Phi) is 6.38. The Morgan fingerprint density at radius 3 is 2.32 bits per heavy atom. The van der Waals surface area contributed by atoms with Crippen molar-refractivity contribution in [1.82, 2.24) is 5.32 Å². The summed E-state index contributed by atoms with van der Waals surface area (Å²) in [5.41, 5.74) is -0.251. The molecule has 6 nitrogen and oxygen atoms in total. The van der Waals surface area contributed by atoms with E-state index in [4.69, 9.17) is 5.26 Å². The van der Waals surface area contributed by atoms with E-state index in [1.807, 2.05) is 6.07 Å². The molecule has 0 bridgehead atoms. The lowest BCUT2D eigenvalue weighted by molar-refractivity contribution is -0.143. The molecule has 3 N–H and O–H groups in total. The number of carbonyl (C=O) groups is 2. The number of nitriles is 1. The summed E-state index contributed by atoms with van der Waals surface area (Å²) in [5, 5.41) is 30.4. The van der Waals surface area contributed by atoms with E-state index in [1.54, 1.807) is 12.1 Å². The molecule has 0 saturated carbocycles. The maximum absolute atomic E-state index is 12.6. The van der Waals surface area contributed by atoms with Gasteiger partial charge in [-0.3, -0.25) is 4.79 Å². The maximum atomic E-state index is 12.6. The molecule has 2 atom stereocenters. The van der Waals surface area contributed by atoms with E-state index >= 15 is 0 Å². The van der Waals surface area contributed by atoms with Gasteiger partial charge in [-0.15, -0.1) is 0 Å². The van der Waals surface area contributed by atoms with Gasteiger partial charge in [0, 0.05) is 6.42 Å². The average Bonchev–Trinajstić information content (AvgIpc) is 2.66. The first-order chi connectivity index (χ1) is 13.1. The minimum atomic E-state index is -4.56. The van der Waals surface area contributed by atoms with E-state index in [2.05, 4.69) is 5.32 Å². The van der Waals surface area contributed by atoms with Crippen LogP contribution < -0.4 is 5.32 Å². The number of benzene rings is 2. The Morgan fingerprint density at radius 2 is 1.79 bits per heavy atom.